The molecule has 0 spiro atoms. The molecule has 0 aliphatic heterocycles. The van der Waals surface area contributed by atoms with E-state index in [2.05, 4.69) is 10.5 Å². The van der Waals surface area contributed by atoms with Crippen molar-refractivity contribution in [3.8, 4) is 22.6 Å². The molecule has 0 atom stereocenters. The minimum absolute atomic E-state index is 0.180. The minimum atomic E-state index is -0.502. The lowest BCUT2D eigenvalue weighted by molar-refractivity contribution is -0.123. The number of carbonyl (C=O) groups is 2. The van der Waals surface area contributed by atoms with E-state index in [0.717, 1.165) is 11.1 Å². The van der Waals surface area contributed by atoms with Crippen molar-refractivity contribution >= 4 is 29.7 Å². The standard InChI is InChI=1S/C28H21ClN2O4/c29-24-13-9-23(10-14-24)28(33)35-26-8-4-5-20(17-26)18-30-31-27(32)19-34-25-15-11-22(12-16-25)21-6-2-1-3-7-21/h1-18H,19H2,(H,31,32)/b30-18-. The fourth-order valence-electron chi connectivity index (χ4n) is 3.14. The predicted molar refractivity (Wildman–Crippen MR) is 136 cm³/mol. The maximum absolute atomic E-state index is 12.2. The predicted octanol–water partition coefficient (Wildman–Crippen LogP) is 5.76. The second kappa shape index (κ2) is 11.6. The Kier molecular flexibility index (Phi) is 7.88. The fraction of sp³-hybridized carbons (Fsp3) is 0.0357. The smallest absolute Gasteiger partial charge is 0.343 e. The zero-order valence-corrected chi connectivity index (χ0v) is 19.3. The van der Waals surface area contributed by atoms with E-state index in [1.807, 2.05) is 54.6 Å². The minimum Gasteiger partial charge on any atom is -0.484 e. The zero-order valence-electron chi connectivity index (χ0n) is 18.6. The van der Waals surface area contributed by atoms with Gasteiger partial charge < -0.3 is 9.47 Å². The molecule has 0 aromatic heterocycles. The number of hydrazone groups is 1. The van der Waals surface area contributed by atoms with Gasteiger partial charge in [-0.1, -0.05) is 66.2 Å². The molecule has 0 aliphatic carbocycles. The van der Waals surface area contributed by atoms with Crippen LogP contribution in [-0.2, 0) is 4.79 Å². The molecule has 1 amide bonds. The summed E-state index contributed by atoms with van der Waals surface area (Å²) < 4.78 is 10.9. The highest BCUT2D eigenvalue weighted by Crippen LogP contribution is 2.22. The number of esters is 1. The monoisotopic (exact) mass is 484 g/mol. The Morgan fingerprint density at radius 1 is 0.800 bits per heavy atom. The number of nitrogens with one attached hydrogen (secondary N) is 1. The third kappa shape index (κ3) is 7.03. The molecule has 6 nitrogen and oxygen atoms in total. The number of rotatable bonds is 8. The van der Waals surface area contributed by atoms with Crippen LogP contribution in [-0.4, -0.2) is 24.7 Å². The molecular weight excluding hydrogens is 464 g/mol. The van der Waals surface area contributed by atoms with Crippen LogP contribution in [0.1, 0.15) is 15.9 Å². The van der Waals surface area contributed by atoms with Gasteiger partial charge in [0, 0.05) is 5.02 Å². The van der Waals surface area contributed by atoms with Crippen LogP contribution in [0.5, 0.6) is 11.5 Å². The van der Waals surface area contributed by atoms with Crippen LogP contribution in [0.15, 0.2) is 108 Å². The van der Waals surface area contributed by atoms with Gasteiger partial charge in [-0.25, -0.2) is 10.2 Å². The summed E-state index contributed by atoms with van der Waals surface area (Å²) in [6.45, 7) is -0.180. The van der Waals surface area contributed by atoms with Crippen molar-refractivity contribution in [2.24, 2.45) is 5.10 Å². The molecule has 0 heterocycles. The Morgan fingerprint density at radius 2 is 1.51 bits per heavy atom. The molecule has 4 rings (SSSR count). The zero-order chi connectivity index (χ0) is 24.5. The van der Waals surface area contributed by atoms with Crippen molar-refractivity contribution < 1.29 is 19.1 Å². The van der Waals surface area contributed by atoms with E-state index in [9.17, 15) is 9.59 Å². The van der Waals surface area contributed by atoms with Gasteiger partial charge in [-0.3, -0.25) is 4.79 Å². The molecule has 0 aliphatic rings. The van der Waals surface area contributed by atoms with Crippen LogP contribution in [0.25, 0.3) is 11.1 Å². The average Bonchev–Trinajstić information content (AvgIpc) is 2.89. The summed E-state index contributed by atoms with van der Waals surface area (Å²) in [5.41, 5.74) is 5.61. The van der Waals surface area contributed by atoms with E-state index in [0.29, 0.717) is 27.6 Å². The second-order valence-corrected chi connectivity index (χ2v) is 7.88. The van der Waals surface area contributed by atoms with Gasteiger partial charge in [-0.15, -0.1) is 0 Å². The van der Waals surface area contributed by atoms with Crippen molar-refractivity contribution in [2.75, 3.05) is 6.61 Å². The molecule has 7 heteroatoms. The molecule has 174 valence electrons. The number of benzene rings is 4. The number of hydrogen-bond acceptors (Lipinski definition) is 5. The molecule has 0 saturated heterocycles. The van der Waals surface area contributed by atoms with Gasteiger partial charge in [-0.05, 0) is 65.2 Å². The highest BCUT2D eigenvalue weighted by Gasteiger charge is 2.09. The Labute approximate surface area is 207 Å². The van der Waals surface area contributed by atoms with Crippen molar-refractivity contribution in [3.05, 3.63) is 119 Å². The molecule has 0 fully saturated rings. The van der Waals surface area contributed by atoms with E-state index < -0.39 is 11.9 Å². The second-order valence-electron chi connectivity index (χ2n) is 7.44. The van der Waals surface area contributed by atoms with Gasteiger partial charge in [0.25, 0.3) is 5.91 Å². The number of hydrogen-bond donors (Lipinski definition) is 1. The quantitative estimate of drug-likeness (QED) is 0.149. The van der Waals surface area contributed by atoms with Crippen LogP contribution in [0.4, 0.5) is 0 Å². The lowest BCUT2D eigenvalue weighted by atomic mass is 10.1. The number of amides is 1. The van der Waals surface area contributed by atoms with E-state index in [4.69, 9.17) is 21.1 Å². The van der Waals surface area contributed by atoms with Gasteiger partial charge in [0.15, 0.2) is 6.61 Å². The van der Waals surface area contributed by atoms with Gasteiger partial charge in [0.2, 0.25) is 0 Å². The maximum Gasteiger partial charge on any atom is 0.343 e. The first-order valence-corrected chi connectivity index (χ1v) is 11.1. The van der Waals surface area contributed by atoms with Crippen LogP contribution < -0.4 is 14.9 Å². The van der Waals surface area contributed by atoms with Crippen molar-refractivity contribution in [1.82, 2.24) is 5.43 Å². The third-order valence-corrected chi connectivity index (χ3v) is 5.13. The van der Waals surface area contributed by atoms with Crippen LogP contribution in [0.2, 0.25) is 5.02 Å². The van der Waals surface area contributed by atoms with Gasteiger partial charge >= 0.3 is 5.97 Å². The Hall–Kier alpha value is -4.42. The third-order valence-electron chi connectivity index (χ3n) is 4.88. The van der Waals surface area contributed by atoms with Crippen molar-refractivity contribution in [3.63, 3.8) is 0 Å². The lowest BCUT2D eigenvalue weighted by Gasteiger charge is -2.07. The summed E-state index contributed by atoms with van der Waals surface area (Å²) in [6, 6.07) is 30.7. The molecule has 4 aromatic carbocycles. The van der Waals surface area contributed by atoms with E-state index in [-0.39, 0.29) is 6.61 Å². The Bertz CT molecular complexity index is 1320. The first-order chi connectivity index (χ1) is 17.1. The largest absolute Gasteiger partial charge is 0.484 e. The van der Waals surface area contributed by atoms with Gasteiger partial charge in [-0.2, -0.15) is 5.10 Å². The first kappa shape index (κ1) is 23.7. The molecule has 0 unspecified atom stereocenters. The number of ether oxygens (including phenoxy) is 2. The summed E-state index contributed by atoms with van der Waals surface area (Å²) in [6.07, 6.45) is 1.45. The first-order valence-electron chi connectivity index (χ1n) is 10.7. The van der Waals surface area contributed by atoms with Crippen LogP contribution >= 0.6 is 11.6 Å². The van der Waals surface area contributed by atoms with Crippen molar-refractivity contribution in [1.29, 1.82) is 0 Å². The molecule has 0 bridgehead atoms. The summed E-state index contributed by atoms with van der Waals surface area (Å²) >= 11 is 5.84. The molecule has 4 aromatic rings. The SMILES string of the molecule is O=C(COc1ccc(-c2ccccc2)cc1)N/N=C\c1cccc(OC(=O)c2ccc(Cl)cc2)c1. The van der Waals surface area contributed by atoms with E-state index in [1.165, 1.54) is 6.21 Å². The summed E-state index contributed by atoms with van der Waals surface area (Å²) in [4.78, 5) is 24.3. The molecule has 35 heavy (non-hydrogen) atoms. The Balaban J connectivity index is 1.25. The summed E-state index contributed by atoms with van der Waals surface area (Å²) in [5.74, 6) is 0.0261. The highest BCUT2D eigenvalue weighted by molar-refractivity contribution is 6.30. The number of nitrogens with zero attached hydrogens (tertiary/aromatic N) is 1. The number of carbonyl (C=O) groups excluding carboxylic acids is 2. The average molecular weight is 485 g/mol. The van der Waals surface area contributed by atoms with Crippen LogP contribution in [0.3, 0.4) is 0 Å². The maximum atomic E-state index is 12.2. The van der Waals surface area contributed by atoms with Gasteiger partial charge in [0.1, 0.15) is 11.5 Å². The highest BCUT2D eigenvalue weighted by atomic mass is 35.5. The topological polar surface area (TPSA) is 77.0 Å². The van der Waals surface area contributed by atoms with Crippen LogP contribution in [0, 0.1) is 0 Å². The molecule has 0 radical (unpaired) electrons. The van der Waals surface area contributed by atoms with E-state index >= 15 is 0 Å². The molecule has 0 saturated carbocycles. The summed E-state index contributed by atoms with van der Waals surface area (Å²) in [7, 11) is 0. The fourth-order valence-corrected chi connectivity index (χ4v) is 3.27. The molecular formula is C28H21ClN2O4. The Morgan fingerprint density at radius 3 is 2.26 bits per heavy atom. The van der Waals surface area contributed by atoms with Gasteiger partial charge in [0.05, 0.1) is 11.8 Å². The summed E-state index contributed by atoms with van der Waals surface area (Å²) in [5, 5.41) is 4.47. The van der Waals surface area contributed by atoms with E-state index in [1.54, 1.807) is 48.5 Å². The lowest BCUT2D eigenvalue weighted by Crippen LogP contribution is -2.24. The molecule has 1 N–H and O–H groups in total. The number of halogens is 1. The normalized spacial score (nSPS) is 10.7. The van der Waals surface area contributed by atoms with Crippen molar-refractivity contribution in [2.45, 2.75) is 0 Å².